The molecule has 7 nitrogen and oxygen atoms in total. The molecule has 0 aromatic heterocycles. The highest BCUT2D eigenvalue weighted by atomic mass is 16.3. The fourth-order valence-electron chi connectivity index (χ4n) is 4.18. The molecule has 0 saturated heterocycles. The Hall–Kier alpha value is -4.91. The first kappa shape index (κ1) is 26.2. The fraction of sp³-hybridized carbons (Fsp3) is 0.129. The van der Waals surface area contributed by atoms with Crippen molar-refractivity contribution in [3.05, 3.63) is 131 Å². The number of hydrogen-bond acceptors (Lipinski definition) is 5. The van der Waals surface area contributed by atoms with E-state index in [2.05, 4.69) is 5.32 Å². The third kappa shape index (κ3) is 6.85. The molecule has 4 aromatic rings. The monoisotopic (exact) mass is 507 g/mol. The number of amides is 3. The molecule has 0 fully saturated rings. The molecule has 0 aliphatic heterocycles. The molecule has 0 radical (unpaired) electrons. The van der Waals surface area contributed by atoms with Crippen molar-refractivity contribution in [1.29, 1.82) is 0 Å². The number of carbonyl (C=O) groups excluding carboxylic acids is 3. The Balaban J connectivity index is 1.70. The molecule has 192 valence electrons. The number of nitrogen functional groups attached to an aromatic ring is 1. The second-order valence-corrected chi connectivity index (χ2v) is 8.94. The molecule has 0 heterocycles. The number of phenols is 1. The van der Waals surface area contributed by atoms with E-state index in [0.717, 1.165) is 21.6 Å². The van der Waals surface area contributed by atoms with Gasteiger partial charge in [-0.3, -0.25) is 19.3 Å². The Morgan fingerprint density at radius 2 is 1.26 bits per heavy atom. The quantitative estimate of drug-likeness (QED) is 0.294. The maximum absolute atomic E-state index is 13.7. The van der Waals surface area contributed by atoms with Crippen LogP contribution in [0.4, 0.5) is 5.69 Å². The van der Waals surface area contributed by atoms with E-state index in [1.807, 2.05) is 36.4 Å². The van der Waals surface area contributed by atoms with Gasteiger partial charge in [-0.1, -0.05) is 84.9 Å². The molecular weight excluding hydrogens is 478 g/mol. The lowest BCUT2D eigenvalue weighted by Crippen LogP contribution is -2.48. The second kappa shape index (κ2) is 12.4. The van der Waals surface area contributed by atoms with Crippen LogP contribution in [-0.4, -0.2) is 27.7 Å². The van der Waals surface area contributed by atoms with E-state index >= 15 is 0 Å². The Morgan fingerprint density at radius 3 is 1.79 bits per heavy atom. The first-order valence-electron chi connectivity index (χ1n) is 12.2. The number of carbonyl (C=O) groups is 3. The van der Waals surface area contributed by atoms with Crippen molar-refractivity contribution in [2.24, 2.45) is 0 Å². The van der Waals surface area contributed by atoms with Crippen LogP contribution in [0.5, 0.6) is 5.75 Å². The summed E-state index contributed by atoms with van der Waals surface area (Å²) in [6, 6.07) is 30.0. The molecule has 7 heteroatoms. The number of rotatable bonds is 9. The normalized spacial score (nSPS) is 11.4. The largest absolute Gasteiger partial charge is 0.508 e. The average molecular weight is 508 g/mol. The van der Waals surface area contributed by atoms with Crippen LogP contribution in [0, 0.1) is 0 Å². The molecule has 4 N–H and O–H groups in total. The summed E-state index contributed by atoms with van der Waals surface area (Å²) in [5, 5.41) is 12.4. The highest BCUT2D eigenvalue weighted by Gasteiger charge is 2.36. The first-order chi connectivity index (χ1) is 18.4. The van der Waals surface area contributed by atoms with Crippen molar-refractivity contribution in [3.63, 3.8) is 0 Å². The number of nitrogens with two attached hydrogens (primary N) is 1. The van der Waals surface area contributed by atoms with Gasteiger partial charge >= 0.3 is 0 Å². The summed E-state index contributed by atoms with van der Waals surface area (Å²) in [6.07, 6.45) is -0.100. The summed E-state index contributed by atoms with van der Waals surface area (Å²) in [6.45, 7) is 0.144. The summed E-state index contributed by atoms with van der Waals surface area (Å²) in [5.41, 5.74) is 9.07. The summed E-state index contributed by atoms with van der Waals surface area (Å²) >= 11 is 0. The van der Waals surface area contributed by atoms with E-state index in [9.17, 15) is 19.5 Å². The summed E-state index contributed by atoms with van der Waals surface area (Å²) in [5.74, 6) is -1.40. The van der Waals surface area contributed by atoms with Gasteiger partial charge in [-0.2, -0.15) is 0 Å². The summed E-state index contributed by atoms with van der Waals surface area (Å²) in [4.78, 5) is 42.2. The molecule has 4 rings (SSSR count). The van der Waals surface area contributed by atoms with Crippen LogP contribution < -0.4 is 11.1 Å². The topological polar surface area (TPSA) is 113 Å². The number of phenolic OH excluding ortho intramolecular Hbond substituents is 1. The van der Waals surface area contributed by atoms with E-state index in [1.54, 1.807) is 60.7 Å². The van der Waals surface area contributed by atoms with Gasteiger partial charge in [-0.15, -0.1) is 0 Å². The molecule has 1 atom stereocenters. The SMILES string of the molecule is Nc1cccc(C(C(=O)NCc2ccc(O)cc2)N(C(=O)Cc2ccccc2)C(=O)Cc2ccccc2)c1. The van der Waals surface area contributed by atoms with Crippen LogP contribution in [-0.2, 0) is 33.8 Å². The van der Waals surface area contributed by atoms with Crippen LogP contribution >= 0.6 is 0 Å². The Kier molecular flexibility index (Phi) is 8.51. The van der Waals surface area contributed by atoms with Crippen molar-refractivity contribution in [2.45, 2.75) is 25.4 Å². The predicted octanol–water partition coefficient (Wildman–Crippen LogP) is 4.17. The van der Waals surface area contributed by atoms with Crippen molar-refractivity contribution in [3.8, 4) is 5.75 Å². The van der Waals surface area contributed by atoms with Gasteiger partial charge in [0.05, 0.1) is 12.8 Å². The second-order valence-electron chi connectivity index (χ2n) is 8.94. The fourth-order valence-corrected chi connectivity index (χ4v) is 4.18. The van der Waals surface area contributed by atoms with E-state index in [-0.39, 0.29) is 25.1 Å². The number of benzene rings is 4. The maximum Gasteiger partial charge on any atom is 0.248 e. The Bertz CT molecular complexity index is 1340. The van der Waals surface area contributed by atoms with E-state index in [1.165, 1.54) is 12.1 Å². The minimum absolute atomic E-state index is 0.0502. The number of hydrogen-bond donors (Lipinski definition) is 3. The van der Waals surface area contributed by atoms with E-state index in [4.69, 9.17) is 5.73 Å². The van der Waals surface area contributed by atoms with Crippen molar-refractivity contribution in [1.82, 2.24) is 10.2 Å². The van der Waals surface area contributed by atoms with Gasteiger partial charge in [0.2, 0.25) is 17.7 Å². The van der Waals surface area contributed by atoms with Crippen LogP contribution in [0.25, 0.3) is 0 Å². The van der Waals surface area contributed by atoms with Gasteiger partial charge in [0, 0.05) is 12.2 Å². The first-order valence-corrected chi connectivity index (χ1v) is 12.2. The minimum atomic E-state index is -1.23. The molecule has 0 saturated carbocycles. The zero-order chi connectivity index (χ0) is 26.9. The highest BCUT2D eigenvalue weighted by Crippen LogP contribution is 2.26. The third-order valence-corrected chi connectivity index (χ3v) is 6.07. The number of anilines is 1. The molecule has 0 spiro atoms. The molecule has 0 aliphatic carbocycles. The van der Waals surface area contributed by atoms with Gasteiger partial charge in [0.25, 0.3) is 0 Å². The van der Waals surface area contributed by atoms with E-state index in [0.29, 0.717) is 11.3 Å². The zero-order valence-electron chi connectivity index (χ0n) is 20.8. The van der Waals surface area contributed by atoms with Gasteiger partial charge in [0.15, 0.2) is 0 Å². The third-order valence-electron chi connectivity index (χ3n) is 6.07. The van der Waals surface area contributed by atoms with Crippen LogP contribution in [0.3, 0.4) is 0 Å². The van der Waals surface area contributed by atoms with Crippen molar-refractivity contribution in [2.75, 3.05) is 5.73 Å². The molecule has 38 heavy (non-hydrogen) atoms. The van der Waals surface area contributed by atoms with E-state index < -0.39 is 23.8 Å². The van der Waals surface area contributed by atoms with Gasteiger partial charge in [-0.25, -0.2) is 0 Å². The lowest BCUT2D eigenvalue weighted by molar-refractivity contribution is -0.151. The molecule has 4 aromatic carbocycles. The number of nitrogens with one attached hydrogen (secondary N) is 1. The van der Waals surface area contributed by atoms with Crippen molar-refractivity contribution >= 4 is 23.4 Å². The lowest BCUT2D eigenvalue weighted by atomic mass is 10.0. The summed E-state index contributed by atoms with van der Waals surface area (Å²) in [7, 11) is 0. The maximum atomic E-state index is 13.7. The molecule has 3 amide bonds. The number of nitrogens with zero attached hydrogens (tertiary/aromatic N) is 1. The minimum Gasteiger partial charge on any atom is -0.508 e. The number of aromatic hydroxyl groups is 1. The van der Waals surface area contributed by atoms with Crippen molar-refractivity contribution < 1.29 is 19.5 Å². The Labute approximate surface area is 221 Å². The molecule has 0 bridgehead atoms. The summed E-state index contributed by atoms with van der Waals surface area (Å²) < 4.78 is 0. The predicted molar refractivity (Wildman–Crippen MR) is 146 cm³/mol. The van der Waals surface area contributed by atoms with Gasteiger partial charge in [0.1, 0.15) is 11.8 Å². The number of imide groups is 1. The molecular formula is C31H29N3O4. The van der Waals surface area contributed by atoms with Crippen LogP contribution in [0.15, 0.2) is 109 Å². The zero-order valence-corrected chi connectivity index (χ0v) is 20.8. The smallest absolute Gasteiger partial charge is 0.248 e. The van der Waals surface area contributed by atoms with Crippen LogP contribution in [0.1, 0.15) is 28.3 Å². The standard InChI is InChI=1S/C31H29N3O4/c32-26-13-7-12-25(20-26)30(31(38)33-21-24-14-16-27(35)17-15-24)34(28(36)18-22-8-3-1-4-9-22)29(37)19-23-10-5-2-6-11-23/h1-17,20,30,35H,18-19,21,32H2,(H,33,38). The highest BCUT2D eigenvalue weighted by molar-refractivity contribution is 6.02. The van der Waals surface area contributed by atoms with Gasteiger partial charge in [-0.05, 0) is 46.5 Å². The average Bonchev–Trinajstić information content (AvgIpc) is 2.92. The molecule has 0 aliphatic rings. The van der Waals surface area contributed by atoms with Gasteiger partial charge < -0.3 is 16.2 Å². The van der Waals surface area contributed by atoms with Crippen LogP contribution in [0.2, 0.25) is 0 Å². The molecule has 1 unspecified atom stereocenters. The lowest BCUT2D eigenvalue weighted by Gasteiger charge is -2.30. The Morgan fingerprint density at radius 1 is 0.711 bits per heavy atom.